The number of ether oxygens (including phenoxy) is 1. The molecule has 0 radical (unpaired) electrons. The fourth-order valence-corrected chi connectivity index (χ4v) is 1.91. The van der Waals surface area contributed by atoms with Gasteiger partial charge in [0.2, 0.25) is 0 Å². The van der Waals surface area contributed by atoms with Crippen molar-refractivity contribution in [3.05, 3.63) is 45.9 Å². The molecular weight excluding hydrogens is 271 g/mol. The van der Waals surface area contributed by atoms with Crippen molar-refractivity contribution in [2.75, 3.05) is 11.5 Å². The third kappa shape index (κ3) is 2.47. The topological polar surface area (TPSA) is 61.3 Å². The Morgan fingerprint density at radius 2 is 1.72 bits per heavy atom. The summed E-state index contributed by atoms with van der Waals surface area (Å²) in [6, 6.07) is 8.57. The zero-order chi connectivity index (χ0) is 13.3. The van der Waals surface area contributed by atoms with E-state index in [1.807, 2.05) is 13.0 Å². The zero-order valence-corrected chi connectivity index (χ0v) is 11.2. The number of halogens is 2. The standard InChI is InChI=1S/C13H12Cl2N2O/c1-7-2-4-9(14)13(12(7)15)18-8-3-5-10(16)11(17)6-8/h2-6H,16-17H2,1H3. The molecule has 0 atom stereocenters. The largest absolute Gasteiger partial charge is 0.454 e. The number of nitrogens with two attached hydrogens (primary N) is 2. The summed E-state index contributed by atoms with van der Waals surface area (Å²) in [6.45, 7) is 1.88. The van der Waals surface area contributed by atoms with Gasteiger partial charge >= 0.3 is 0 Å². The minimum atomic E-state index is 0.419. The van der Waals surface area contributed by atoms with Gasteiger partial charge in [-0.2, -0.15) is 0 Å². The molecule has 0 bridgehead atoms. The summed E-state index contributed by atoms with van der Waals surface area (Å²) in [5, 5.41) is 0.930. The lowest BCUT2D eigenvalue weighted by molar-refractivity contribution is 0.483. The van der Waals surface area contributed by atoms with Crippen molar-refractivity contribution in [3.8, 4) is 11.5 Å². The summed E-state index contributed by atoms with van der Waals surface area (Å²) >= 11 is 12.2. The fourth-order valence-electron chi connectivity index (χ4n) is 1.46. The van der Waals surface area contributed by atoms with E-state index in [1.54, 1.807) is 24.3 Å². The van der Waals surface area contributed by atoms with Crippen molar-refractivity contribution < 1.29 is 4.74 Å². The second-order valence-corrected chi connectivity index (χ2v) is 4.69. The summed E-state index contributed by atoms with van der Waals surface area (Å²) in [7, 11) is 0. The Morgan fingerprint density at radius 1 is 1.00 bits per heavy atom. The van der Waals surface area contributed by atoms with E-state index in [9.17, 15) is 0 Å². The Kier molecular flexibility index (Phi) is 3.55. The molecule has 0 aliphatic rings. The molecule has 0 unspecified atom stereocenters. The highest BCUT2D eigenvalue weighted by Gasteiger charge is 2.11. The van der Waals surface area contributed by atoms with E-state index in [0.29, 0.717) is 32.9 Å². The molecule has 0 fully saturated rings. The molecule has 2 rings (SSSR count). The van der Waals surface area contributed by atoms with Gasteiger partial charge in [0.1, 0.15) is 5.75 Å². The lowest BCUT2D eigenvalue weighted by Crippen LogP contribution is -1.95. The van der Waals surface area contributed by atoms with Crippen LogP contribution >= 0.6 is 23.2 Å². The molecule has 5 heteroatoms. The summed E-state index contributed by atoms with van der Waals surface area (Å²) in [5.74, 6) is 0.957. The van der Waals surface area contributed by atoms with Gasteiger partial charge in [-0.15, -0.1) is 0 Å². The maximum atomic E-state index is 6.15. The summed E-state index contributed by atoms with van der Waals surface area (Å²) in [4.78, 5) is 0. The Bertz CT molecular complexity index is 600. The average Bonchev–Trinajstić information content (AvgIpc) is 2.34. The summed E-state index contributed by atoms with van der Waals surface area (Å²) < 4.78 is 5.66. The summed E-state index contributed by atoms with van der Waals surface area (Å²) in [5.41, 5.74) is 13.2. The first kappa shape index (κ1) is 12.9. The van der Waals surface area contributed by atoms with E-state index in [4.69, 9.17) is 39.4 Å². The molecule has 0 heterocycles. The van der Waals surface area contributed by atoms with Gasteiger partial charge in [0, 0.05) is 6.07 Å². The Morgan fingerprint density at radius 3 is 2.39 bits per heavy atom. The minimum Gasteiger partial charge on any atom is -0.454 e. The van der Waals surface area contributed by atoms with Gasteiger partial charge in [-0.3, -0.25) is 0 Å². The van der Waals surface area contributed by atoms with Crippen LogP contribution in [0.3, 0.4) is 0 Å². The molecule has 2 aromatic carbocycles. The van der Waals surface area contributed by atoms with Crippen molar-refractivity contribution in [1.82, 2.24) is 0 Å². The number of hydrogen-bond donors (Lipinski definition) is 2. The van der Waals surface area contributed by atoms with Crippen molar-refractivity contribution in [2.45, 2.75) is 6.92 Å². The molecule has 0 saturated heterocycles. The van der Waals surface area contributed by atoms with Crippen LogP contribution < -0.4 is 16.2 Å². The lowest BCUT2D eigenvalue weighted by Gasteiger charge is -2.12. The average molecular weight is 283 g/mol. The number of hydrogen-bond acceptors (Lipinski definition) is 3. The van der Waals surface area contributed by atoms with Crippen LogP contribution in [0.15, 0.2) is 30.3 Å². The Labute approximate surface area is 115 Å². The maximum absolute atomic E-state index is 6.15. The van der Waals surface area contributed by atoms with Crippen molar-refractivity contribution in [3.63, 3.8) is 0 Å². The number of aryl methyl sites for hydroxylation is 1. The normalized spacial score (nSPS) is 10.4. The minimum absolute atomic E-state index is 0.419. The van der Waals surface area contributed by atoms with Gasteiger partial charge in [-0.25, -0.2) is 0 Å². The zero-order valence-electron chi connectivity index (χ0n) is 9.71. The van der Waals surface area contributed by atoms with Gasteiger partial charge in [0.15, 0.2) is 5.75 Å². The molecule has 94 valence electrons. The molecule has 0 aromatic heterocycles. The molecule has 3 nitrogen and oxygen atoms in total. The molecule has 4 N–H and O–H groups in total. The molecule has 0 aliphatic heterocycles. The van der Waals surface area contributed by atoms with Gasteiger partial charge < -0.3 is 16.2 Å². The smallest absolute Gasteiger partial charge is 0.164 e. The van der Waals surface area contributed by atoms with Gasteiger partial charge in [0.25, 0.3) is 0 Å². The van der Waals surface area contributed by atoms with Crippen molar-refractivity contribution in [1.29, 1.82) is 0 Å². The number of benzene rings is 2. The van der Waals surface area contributed by atoms with Crippen molar-refractivity contribution >= 4 is 34.6 Å². The highest BCUT2D eigenvalue weighted by molar-refractivity contribution is 6.37. The number of anilines is 2. The number of nitrogen functional groups attached to an aromatic ring is 2. The lowest BCUT2D eigenvalue weighted by atomic mass is 10.2. The monoisotopic (exact) mass is 282 g/mol. The van der Waals surface area contributed by atoms with E-state index in [0.717, 1.165) is 5.56 Å². The quantitative estimate of drug-likeness (QED) is 0.809. The van der Waals surface area contributed by atoms with E-state index >= 15 is 0 Å². The molecule has 0 saturated carbocycles. The van der Waals surface area contributed by atoms with Gasteiger partial charge in [-0.05, 0) is 30.7 Å². The highest BCUT2D eigenvalue weighted by Crippen LogP contribution is 2.38. The van der Waals surface area contributed by atoms with Crippen LogP contribution in [0, 0.1) is 6.92 Å². The molecular formula is C13H12Cl2N2O. The first-order chi connectivity index (χ1) is 8.49. The van der Waals surface area contributed by atoms with E-state index in [1.165, 1.54) is 0 Å². The maximum Gasteiger partial charge on any atom is 0.164 e. The SMILES string of the molecule is Cc1ccc(Cl)c(Oc2ccc(N)c(N)c2)c1Cl. The van der Waals surface area contributed by atoms with Crippen LogP contribution in [0.2, 0.25) is 10.0 Å². The predicted molar refractivity (Wildman–Crippen MR) is 76.5 cm³/mol. The van der Waals surface area contributed by atoms with Crippen LogP contribution in [0.4, 0.5) is 11.4 Å². The number of rotatable bonds is 2. The Hall–Kier alpha value is -1.58. The third-order valence-electron chi connectivity index (χ3n) is 2.52. The predicted octanol–water partition coefficient (Wildman–Crippen LogP) is 4.26. The van der Waals surface area contributed by atoms with E-state index < -0.39 is 0 Å². The van der Waals surface area contributed by atoms with Crippen molar-refractivity contribution in [2.24, 2.45) is 0 Å². The van der Waals surface area contributed by atoms with E-state index in [2.05, 4.69) is 0 Å². The molecule has 0 aliphatic carbocycles. The van der Waals surface area contributed by atoms with E-state index in [-0.39, 0.29) is 0 Å². The third-order valence-corrected chi connectivity index (χ3v) is 3.29. The highest BCUT2D eigenvalue weighted by atomic mass is 35.5. The molecule has 0 amide bonds. The van der Waals surface area contributed by atoms with Crippen LogP contribution in [0.25, 0.3) is 0 Å². The second kappa shape index (κ2) is 4.96. The first-order valence-electron chi connectivity index (χ1n) is 5.26. The first-order valence-corrected chi connectivity index (χ1v) is 6.02. The molecule has 0 spiro atoms. The van der Waals surface area contributed by atoms with Crippen LogP contribution in [-0.4, -0.2) is 0 Å². The second-order valence-electron chi connectivity index (χ2n) is 3.90. The molecule has 2 aromatic rings. The molecule has 18 heavy (non-hydrogen) atoms. The van der Waals surface area contributed by atoms with Crippen LogP contribution in [0.1, 0.15) is 5.56 Å². The van der Waals surface area contributed by atoms with Gasteiger partial charge in [0.05, 0.1) is 21.4 Å². The van der Waals surface area contributed by atoms with Crippen LogP contribution in [0.5, 0.6) is 11.5 Å². The Balaban J connectivity index is 2.39. The van der Waals surface area contributed by atoms with Gasteiger partial charge in [-0.1, -0.05) is 29.3 Å². The van der Waals surface area contributed by atoms with Crippen LogP contribution in [-0.2, 0) is 0 Å². The summed E-state index contributed by atoms with van der Waals surface area (Å²) in [6.07, 6.45) is 0. The fraction of sp³-hybridized carbons (Fsp3) is 0.0769.